The van der Waals surface area contributed by atoms with Crippen LogP contribution in [0.3, 0.4) is 0 Å². The summed E-state index contributed by atoms with van der Waals surface area (Å²) < 4.78 is 0. The molecule has 0 radical (unpaired) electrons. The maximum absolute atomic E-state index is 3.79. The molecule has 21 heavy (non-hydrogen) atoms. The highest BCUT2D eigenvalue weighted by molar-refractivity contribution is 5.32. The van der Waals surface area contributed by atoms with Crippen LogP contribution in [0.5, 0.6) is 0 Å². The molecule has 1 N–H and O–H groups in total. The Balaban J connectivity index is 2.30. The summed E-state index contributed by atoms with van der Waals surface area (Å²) in [6.07, 6.45) is 6.36. The largest absolute Gasteiger partial charge is 0.309 e. The Morgan fingerprint density at radius 3 is 2.48 bits per heavy atom. The first-order valence-corrected chi connectivity index (χ1v) is 8.87. The van der Waals surface area contributed by atoms with E-state index in [0.29, 0.717) is 12.1 Å². The Hall–Kier alpha value is -0.860. The minimum absolute atomic E-state index is 0.492. The summed E-state index contributed by atoms with van der Waals surface area (Å²) in [6.45, 7) is 10.3. The number of nitrogens with one attached hydrogen (secondary N) is 1. The number of benzene rings is 1. The monoisotopic (exact) mass is 288 g/mol. The number of rotatable bonds is 7. The molecule has 2 nitrogen and oxygen atoms in total. The second kappa shape index (κ2) is 8.55. The highest BCUT2D eigenvalue weighted by Crippen LogP contribution is 2.32. The van der Waals surface area contributed by atoms with Crippen molar-refractivity contribution in [3.8, 4) is 0 Å². The summed E-state index contributed by atoms with van der Waals surface area (Å²) in [5, 5.41) is 3.79. The minimum Gasteiger partial charge on any atom is -0.309 e. The van der Waals surface area contributed by atoms with E-state index in [1.54, 1.807) is 11.1 Å². The van der Waals surface area contributed by atoms with Crippen molar-refractivity contribution < 1.29 is 0 Å². The summed E-state index contributed by atoms with van der Waals surface area (Å²) in [4.78, 5) is 2.73. The molecule has 2 rings (SSSR count). The molecule has 1 aromatic carbocycles. The van der Waals surface area contributed by atoms with E-state index >= 15 is 0 Å². The number of aryl methyl sites for hydroxylation is 1. The Morgan fingerprint density at radius 2 is 1.81 bits per heavy atom. The number of fused-ring (bicyclic) bond motifs is 1. The second-order valence-corrected chi connectivity index (χ2v) is 6.23. The molecule has 1 aromatic rings. The molecule has 0 amide bonds. The van der Waals surface area contributed by atoms with E-state index in [-0.39, 0.29) is 0 Å². The normalized spacial score (nSPS) is 22.1. The quantitative estimate of drug-likeness (QED) is 0.758. The molecule has 1 aliphatic carbocycles. The van der Waals surface area contributed by atoms with Crippen molar-refractivity contribution in [1.29, 1.82) is 0 Å². The fraction of sp³-hybridized carbons (Fsp3) is 0.684. The van der Waals surface area contributed by atoms with Gasteiger partial charge in [-0.25, -0.2) is 0 Å². The molecule has 0 heterocycles. The lowest BCUT2D eigenvalue weighted by atomic mass is 9.94. The maximum Gasteiger partial charge on any atom is 0.0480 e. The predicted octanol–water partition coefficient (Wildman–Crippen LogP) is 4.16. The summed E-state index contributed by atoms with van der Waals surface area (Å²) in [7, 11) is 0. The molecule has 118 valence electrons. The molecule has 0 fully saturated rings. The van der Waals surface area contributed by atoms with E-state index in [1.807, 2.05) is 0 Å². The predicted molar refractivity (Wildman–Crippen MR) is 91.7 cm³/mol. The first-order valence-electron chi connectivity index (χ1n) is 8.87. The number of hydrogen-bond donors (Lipinski definition) is 1. The molecule has 1 aliphatic rings. The van der Waals surface area contributed by atoms with Crippen LogP contribution in [0.1, 0.15) is 63.6 Å². The van der Waals surface area contributed by atoms with Gasteiger partial charge in [0, 0.05) is 12.1 Å². The van der Waals surface area contributed by atoms with Gasteiger partial charge < -0.3 is 5.32 Å². The van der Waals surface area contributed by atoms with Crippen LogP contribution in [0.15, 0.2) is 24.3 Å². The Labute approximate surface area is 130 Å². The third-order valence-electron chi connectivity index (χ3n) is 4.64. The van der Waals surface area contributed by atoms with Gasteiger partial charge in [0.2, 0.25) is 0 Å². The van der Waals surface area contributed by atoms with Gasteiger partial charge in [-0.2, -0.15) is 0 Å². The van der Waals surface area contributed by atoms with Gasteiger partial charge in [0.15, 0.2) is 0 Å². The molecule has 0 bridgehead atoms. The smallest absolute Gasteiger partial charge is 0.0480 e. The van der Waals surface area contributed by atoms with Crippen molar-refractivity contribution in [1.82, 2.24) is 10.2 Å². The van der Waals surface area contributed by atoms with E-state index in [2.05, 4.69) is 55.3 Å². The van der Waals surface area contributed by atoms with E-state index in [1.165, 1.54) is 45.2 Å². The van der Waals surface area contributed by atoms with Crippen LogP contribution in [-0.4, -0.2) is 30.6 Å². The van der Waals surface area contributed by atoms with Crippen molar-refractivity contribution in [3.05, 3.63) is 35.4 Å². The number of hydrogen-bond acceptors (Lipinski definition) is 2. The minimum atomic E-state index is 0.492. The number of nitrogens with zero attached hydrogens (tertiary/aromatic N) is 1. The van der Waals surface area contributed by atoms with Crippen LogP contribution in [0.2, 0.25) is 0 Å². The first kappa shape index (κ1) is 16.5. The van der Waals surface area contributed by atoms with E-state index in [4.69, 9.17) is 0 Å². The van der Waals surface area contributed by atoms with Crippen molar-refractivity contribution in [2.45, 2.75) is 65.0 Å². The molecule has 2 atom stereocenters. The van der Waals surface area contributed by atoms with Crippen LogP contribution >= 0.6 is 0 Å². The lowest BCUT2D eigenvalue weighted by Gasteiger charge is -2.37. The third kappa shape index (κ3) is 4.08. The molecular formula is C19H32N2. The second-order valence-electron chi connectivity index (χ2n) is 6.23. The summed E-state index contributed by atoms with van der Waals surface area (Å²) in [5.41, 5.74) is 3.10. The zero-order valence-electron chi connectivity index (χ0n) is 14.1. The van der Waals surface area contributed by atoms with Crippen LogP contribution < -0.4 is 5.32 Å². The molecule has 0 saturated carbocycles. The van der Waals surface area contributed by atoms with Gasteiger partial charge in [-0.1, -0.05) is 45.0 Å². The summed E-state index contributed by atoms with van der Waals surface area (Å²) in [5.74, 6) is 0. The molecule has 0 saturated heterocycles. The van der Waals surface area contributed by atoms with Crippen LogP contribution in [0.4, 0.5) is 0 Å². The van der Waals surface area contributed by atoms with Gasteiger partial charge in [-0.05, 0) is 62.9 Å². The van der Waals surface area contributed by atoms with Gasteiger partial charge >= 0.3 is 0 Å². The van der Waals surface area contributed by atoms with Crippen molar-refractivity contribution in [2.75, 3.05) is 19.6 Å². The topological polar surface area (TPSA) is 15.3 Å². The average molecular weight is 288 g/mol. The molecular weight excluding hydrogens is 256 g/mol. The van der Waals surface area contributed by atoms with Gasteiger partial charge in [0.25, 0.3) is 0 Å². The van der Waals surface area contributed by atoms with Gasteiger partial charge in [0.1, 0.15) is 0 Å². The van der Waals surface area contributed by atoms with E-state index in [0.717, 1.165) is 6.54 Å². The van der Waals surface area contributed by atoms with Crippen LogP contribution in [-0.2, 0) is 6.42 Å². The molecule has 0 aliphatic heterocycles. The first-order chi connectivity index (χ1) is 10.3. The zero-order valence-corrected chi connectivity index (χ0v) is 14.1. The van der Waals surface area contributed by atoms with E-state index < -0.39 is 0 Å². The standard InChI is InChI=1S/C19H32N2/c1-4-14-21(15-5-2)18-13-9-11-16-10-7-8-12-17(16)19(18)20-6-3/h7-8,10,12,18-20H,4-6,9,11,13-15H2,1-3H3. The van der Waals surface area contributed by atoms with Gasteiger partial charge in [-0.15, -0.1) is 0 Å². The Morgan fingerprint density at radius 1 is 1.10 bits per heavy atom. The fourth-order valence-electron chi connectivity index (χ4n) is 3.82. The SMILES string of the molecule is CCCN(CCC)C1CCCc2ccccc2C1NCC. The van der Waals surface area contributed by atoms with Crippen LogP contribution in [0, 0.1) is 0 Å². The summed E-state index contributed by atoms with van der Waals surface area (Å²) >= 11 is 0. The highest BCUT2D eigenvalue weighted by atomic mass is 15.2. The van der Waals surface area contributed by atoms with Gasteiger partial charge in [0.05, 0.1) is 0 Å². The van der Waals surface area contributed by atoms with Crippen LogP contribution in [0.25, 0.3) is 0 Å². The Kier molecular flexibility index (Phi) is 6.72. The highest BCUT2D eigenvalue weighted by Gasteiger charge is 2.30. The van der Waals surface area contributed by atoms with Crippen molar-refractivity contribution in [2.24, 2.45) is 0 Å². The van der Waals surface area contributed by atoms with Crippen molar-refractivity contribution in [3.63, 3.8) is 0 Å². The number of likely N-dealkylation sites (N-methyl/N-ethyl adjacent to an activating group) is 1. The van der Waals surface area contributed by atoms with Gasteiger partial charge in [-0.3, -0.25) is 4.90 Å². The lowest BCUT2D eigenvalue weighted by molar-refractivity contribution is 0.148. The molecule has 2 heteroatoms. The average Bonchev–Trinajstić information content (AvgIpc) is 2.68. The molecule has 0 spiro atoms. The Bertz CT molecular complexity index is 410. The summed E-state index contributed by atoms with van der Waals surface area (Å²) in [6, 6.07) is 10.2. The van der Waals surface area contributed by atoms with Crippen molar-refractivity contribution >= 4 is 0 Å². The third-order valence-corrected chi connectivity index (χ3v) is 4.64. The molecule has 0 aromatic heterocycles. The lowest BCUT2D eigenvalue weighted by Crippen LogP contribution is -2.45. The zero-order chi connectivity index (χ0) is 15.1. The van der Waals surface area contributed by atoms with E-state index in [9.17, 15) is 0 Å². The molecule has 2 unspecified atom stereocenters. The fourth-order valence-corrected chi connectivity index (χ4v) is 3.82. The maximum atomic E-state index is 3.79.